The number of nitrogens with one attached hydrogen (secondary N) is 1. The zero-order valence-electron chi connectivity index (χ0n) is 19.7. The fourth-order valence-corrected chi connectivity index (χ4v) is 6.63. The van der Waals surface area contributed by atoms with Gasteiger partial charge in [0.15, 0.2) is 0 Å². The molecule has 0 radical (unpaired) electrons. The van der Waals surface area contributed by atoms with E-state index in [2.05, 4.69) is 22.3 Å². The summed E-state index contributed by atoms with van der Waals surface area (Å²) in [5.74, 6) is -0.199. The van der Waals surface area contributed by atoms with Gasteiger partial charge >= 0.3 is 0 Å². The molecule has 7 heteroatoms. The smallest absolute Gasteiger partial charge is 0.243 e. The highest BCUT2D eigenvalue weighted by atomic mass is 32.2. The van der Waals surface area contributed by atoms with Crippen molar-refractivity contribution >= 4 is 21.6 Å². The lowest BCUT2D eigenvalue weighted by molar-refractivity contribution is -0.120. The SMILES string of the molecule is Cc1ccc(S(=O)(=O)N2CCC(C(=O)Nc3cccc(CN4CCCCC4)c3)CC2)c(C)c1. The van der Waals surface area contributed by atoms with Gasteiger partial charge in [0.1, 0.15) is 0 Å². The third-order valence-corrected chi connectivity index (χ3v) is 8.88. The van der Waals surface area contributed by atoms with Crippen LogP contribution in [-0.4, -0.2) is 49.7 Å². The van der Waals surface area contributed by atoms with E-state index in [9.17, 15) is 13.2 Å². The van der Waals surface area contributed by atoms with Gasteiger partial charge in [0.2, 0.25) is 15.9 Å². The first-order valence-corrected chi connectivity index (χ1v) is 13.5. The minimum Gasteiger partial charge on any atom is -0.326 e. The fourth-order valence-electron chi connectivity index (χ4n) is 4.95. The number of likely N-dealkylation sites (tertiary alicyclic amines) is 1. The second kappa shape index (κ2) is 10.4. The van der Waals surface area contributed by atoms with E-state index in [1.807, 2.05) is 38.1 Å². The van der Waals surface area contributed by atoms with Crippen molar-refractivity contribution in [2.75, 3.05) is 31.5 Å². The van der Waals surface area contributed by atoms with E-state index in [0.29, 0.717) is 30.8 Å². The number of carbonyl (C=O) groups is 1. The zero-order valence-corrected chi connectivity index (χ0v) is 20.5. The number of sulfonamides is 1. The Labute approximate surface area is 198 Å². The van der Waals surface area contributed by atoms with Crippen molar-refractivity contribution in [2.24, 2.45) is 5.92 Å². The van der Waals surface area contributed by atoms with Gasteiger partial charge in [-0.2, -0.15) is 4.31 Å². The molecule has 1 amide bonds. The van der Waals surface area contributed by atoms with Crippen molar-refractivity contribution in [1.82, 2.24) is 9.21 Å². The van der Waals surface area contributed by atoms with Gasteiger partial charge < -0.3 is 5.32 Å². The van der Waals surface area contributed by atoms with Crippen LogP contribution in [0.1, 0.15) is 48.8 Å². The summed E-state index contributed by atoms with van der Waals surface area (Å²) in [5, 5.41) is 3.06. The number of benzene rings is 2. The Morgan fingerprint density at radius 3 is 2.39 bits per heavy atom. The Hall–Kier alpha value is -2.22. The minimum atomic E-state index is -3.54. The molecule has 0 saturated carbocycles. The maximum Gasteiger partial charge on any atom is 0.243 e. The number of hydrogen-bond acceptors (Lipinski definition) is 4. The monoisotopic (exact) mass is 469 g/mol. The molecule has 2 aromatic carbocycles. The molecule has 2 aromatic rings. The number of hydrogen-bond donors (Lipinski definition) is 1. The van der Waals surface area contributed by atoms with Crippen molar-refractivity contribution in [3.63, 3.8) is 0 Å². The number of nitrogens with zero attached hydrogens (tertiary/aromatic N) is 2. The standard InChI is InChI=1S/C26H35N3O3S/c1-20-9-10-25(21(2)17-20)33(31,32)29-15-11-23(12-16-29)26(30)27-24-8-6-7-22(18-24)19-28-13-4-3-5-14-28/h6-10,17-18,23H,3-5,11-16,19H2,1-2H3,(H,27,30). The largest absolute Gasteiger partial charge is 0.326 e. The van der Waals surface area contributed by atoms with Crippen molar-refractivity contribution in [3.05, 3.63) is 59.2 Å². The van der Waals surface area contributed by atoms with E-state index in [1.54, 1.807) is 6.07 Å². The van der Waals surface area contributed by atoms with E-state index in [0.717, 1.165) is 36.4 Å². The maximum absolute atomic E-state index is 13.1. The van der Waals surface area contributed by atoms with Gasteiger partial charge in [0, 0.05) is 31.2 Å². The maximum atomic E-state index is 13.1. The summed E-state index contributed by atoms with van der Waals surface area (Å²) in [4.78, 5) is 15.7. The van der Waals surface area contributed by atoms with Gasteiger partial charge in [-0.05, 0) is 81.9 Å². The van der Waals surface area contributed by atoms with E-state index in [4.69, 9.17) is 0 Å². The van der Waals surface area contributed by atoms with Gasteiger partial charge in [-0.25, -0.2) is 8.42 Å². The molecule has 1 N–H and O–H groups in total. The molecule has 2 aliphatic rings. The first-order valence-electron chi connectivity index (χ1n) is 12.0. The van der Waals surface area contributed by atoms with Gasteiger partial charge in [0.25, 0.3) is 0 Å². The molecule has 6 nitrogen and oxygen atoms in total. The quantitative estimate of drug-likeness (QED) is 0.684. The van der Waals surface area contributed by atoms with Crippen LogP contribution in [0.3, 0.4) is 0 Å². The predicted octanol–water partition coefficient (Wildman–Crippen LogP) is 4.33. The second-order valence-corrected chi connectivity index (χ2v) is 11.4. The summed E-state index contributed by atoms with van der Waals surface area (Å²) in [7, 11) is -3.54. The van der Waals surface area contributed by atoms with E-state index in [1.165, 1.54) is 29.1 Å². The highest BCUT2D eigenvalue weighted by molar-refractivity contribution is 7.89. The number of aryl methyl sites for hydroxylation is 2. The molecule has 2 saturated heterocycles. The van der Waals surface area contributed by atoms with Crippen molar-refractivity contribution in [1.29, 1.82) is 0 Å². The average Bonchev–Trinajstić information content (AvgIpc) is 2.80. The fraction of sp³-hybridized carbons (Fsp3) is 0.500. The Bertz CT molecular complexity index is 1090. The summed E-state index contributed by atoms with van der Waals surface area (Å²) in [6, 6.07) is 13.5. The average molecular weight is 470 g/mol. The molecule has 0 unspecified atom stereocenters. The molecule has 0 aromatic heterocycles. The van der Waals surface area contributed by atoms with Crippen LogP contribution in [0.25, 0.3) is 0 Å². The van der Waals surface area contributed by atoms with Crippen LogP contribution in [0.5, 0.6) is 0 Å². The lowest BCUT2D eigenvalue weighted by Gasteiger charge is -2.31. The van der Waals surface area contributed by atoms with Crippen LogP contribution in [0.2, 0.25) is 0 Å². The molecule has 0 aliphatic carbocycles. The highest BCUT2D eigenvalue weighted by Crippen LogP contribution is 2.27. The van der Waals surface area contributed by atoms with E-state index in [-0.39, 0.29) is 11.8 Å². The summed E-state index contributed by atoms with van der Waals surface area (Å²) in [5.41, 5.74) is 3.84. The Morgan fingerprint density at radius 1 is 0.970 bits per heavy atom. The zero-order chi connectivity index (χ0) is 23.4. The summed E-state index contributed by atoms with van der Waals surface area (Å²) >= 11 is 0. The molecular weight excluding hydrogens is 434 g/mol. The number of amides is 1. The van der Waals surface area contributed by atoms with Crippen LogP contribution in [0, 0.1) is 19.8 Å². The predicted molar refractivity (Wildman–Crippen MR) is 132 cm³/mol. The Balaban J connectivity index is 1.33. The number of anilines is 1. The van der Waals surface area contributed by atoms with Crippen LogP contribution < -0.4 is 5.32 Å². The van der Waals surface area contributed by atoms with Gasteiger partial charge in [-0.15, -0.1) is 0 Å². The minimum absolute atomic E-state index is 0.0197. The third kappa shape index (κ3) is 5.83. The second-order valence-electron chi connectivity index (χ2n) is 9.47. The number of rotatable bonds is 6. The molecule has 2 fully saturated rings. The van der Waals surface area contributed by atoms with Crippen molar-refractivity contribution in [2.45, 2.75) is 57.4 Å². The number of piperidine rings is 2. The van der Waals surface area contributed by atoms with Crippen molar-refractivity contribution < 1.29 is 13.2 Å². The normalized spacial score (nSPS) is 18.8. The van der Waals surface area contributed by atoms with Crippen LogP contribution >= 0.6 is 0 Å². The van der Waals surface area contributed by atoms with Crippen LogP contribution in [0.4, 0.5) is 5.69 Å². The Kier molecular flexibility index (Phi) is 7.51. The molecule has 178 valence electrons. The van der Waals surface area contributed by atoms with E-state index >= 15 is 0 Å². The summed E-state index contributed by atoms with van der Waals surface area (Å²) < 4.78 is 27.7. The van der Waals surface area contributed by atoms with Crippen LogP contribution in [0.15, 0.2) is 47.4 Å². The highest BCUT2D eigenvalue weighted by Gasteiger charge is 2.32. The van der Waals surface area contributed by atoms with Gasteiger partial charge in [0.05, 0.1) is 4.90 Å². The molecule has 0 spiro atoms. The topological polar surface area (TPSA) is 69.7 Å². The lowest BCUT2D eigenvalue weighted by atomic mass is 9.97. The number of carbonyl (C=O) groups excluding carboxylic acids is 1. The molecule has 2 aliphatic heterocycles. The van der Waals surface area contributed by atoms with Gasteiger partial charge in [-0.1, -0.05) is 36.2 Å². The summed E-state index contributed by atoms with van der Waals surface area (Å²) in [6.07, 6.45) is 4.90. The van der Waals surface area contributed by atoms with Crippen LogP contribution in [-0.2, 0) is 21.4 Å². The third-order valence-electron chi connectivity index (χ3n) is 6.82. The Morgan fingerprint density at radius 2 is 1.70 bits per heavy atom. The lowest BCUT2D eigenvalue weighted by Crippen LogP contribution is -2.41. The van der Waals surface area contributed by atoms with E-state index < -0.39 is 10.0 Å². The molecule has 2 heterocycles. The molecule has 4 rings (SSSR count). The van der Waals surface area contributed by atoms with Gasteiger partial charge in [-0.3, -0.25) is 9.69 Å². The van der Waals surface area contributed by atoms with Crippen molar-refractivity contribution in [3.8, 4) is 0 Å². The first-order chi connectivity index (χ1) is 15.8. The first kappa shape index (κ1) is 23.9. The molecule has 0 bridgehead atoms. The summed E-state index contributed by atoms with van der Waals surface area (Å²) in [6.45, 7) is 7.71. The molecule has 0 atom stereocenters. The molecular formula is C26H35N3O3S. The molecule has 33 heavy (non-hydrogen) atoms.